The Kier molecular flexibility index (Phi) is 5.14. The number of fused-ring (bicyclic) bond motifs is 1. The van der Waals surface area contributed by atoms with Gasteiger partial charge in [0.2, 0.25) is 6.79 Å². The number of piperazine rings is 1. The first-order valence-electron chi connectivity index (χ1n) is 9.56. The van der Waals surface area contributed by atoms with E-state index in [1.807, 2.05) is 49.1 Å². The zero-order valence-electron chi connectivity index (χ0n) is 16.2. The summed E-state index contributed by atoms with van der Waals surface area (Å²) < 4.78 is 16.6. The van der Waals surface area contributed by atoms with Gasteiger partial charge in [-0.1, -0.05) is 12.1 Å². The van der Waals surface area contributed by atoms with Crippen LogP contribution in [0.1, 0.15) is 13.8 Å². The minimum atomic E-state index is -0.106. The third-order valence-electron chi connectivity index (χ3n) is 4.76. The van der Waals surface area contributed by atoms with Crippen molar-refractivity contribution in [3.05, 3.63) is 42.5 Å². The van der Waals surface area contributed by atoms with Crippen LogP contribution in [0.4, 0.5) is 16.2 Å². The van der Waals surface area contributed by atoms with E-state index in [9.17, 15) is 4.79 Å². The summed E-state index contributed by atoms with van der Waals surface area (Å²) in [6, 6.07) is 13.4. The summed E-state index contributed by atoms with van der Waals surface area (Å²) >= 11 is 0. The van der Waals surface area contributed by atoms with Crippen LogP contribution in [0.25, 0.3) is 0 Å². The quantitative estimate of drug-likeness (QED) is 0.875. The number of hydrogen-bond acceptors (Lipinski definition) is 5. The molecule has 2 heterocycles. The van der Waals surface area contributed by atoms with Gasteiger partial charge in [-0.3, -0.25) is 0 Å². The van der Waals surface area contributed by atoms with Gasteiger partial charge in [-0.05, 0) is 38.1 Å². The second kappa shape index (κ2) is 7.88. The van der Waals surface area contributed by atoms with Crippen LogP contribution in [-0.4, -0.2) is 50.0 Å². The Morgan fingerprint density at radius 3 is 2.57 bits per heavy atom. The lowest BCUT2D eigenvalue weighted by molar-refractivity contribution is 0.174. The average Bonchev–Trinajstić information content (AvgIpc) is 3.16. The number of para-hydroxylation sites is 2. The van der Waals surface area contributed by atoms with Crippen molar-refractivity contribution in [2.75, 3.05) is 43.2 Å². The van der Waals surface area contributed by atoms with Crippen LogP contribution >= 0.6 is 0 Å². The Morgan fingerprint density at radius 2 is 1.79 bits per heavy atom. The summed E-state index contributed by atoms with van der Waals surface area (Å²) in [5.74, 6) is 2.24. The number of anilines is 2. The molecule has 0 unspecified atom stereocenters. The van der Waals surface area contributed by atoms with E-state index in [-0.39, 0.29) is 18.9 Å². The number of rotatable bonds is 4. The van der Waals surface area contributed by atoms with Crippen molar-refractivity contribution in [2.24, 2.45) is 0 Å². The molecule has 2 aliphatic heterocycles. The van der Waals surface area contributed by atoms with Crippen LogP contribution in [-0.2, 0) is 0 Å². The van der Waals surface area contributed by atoms with E-state index in [0.29, 0.717) is 30.3 Å². The van der Waals surface area contributed by atoms with Gasteiger partial charge in [0.05, 0.1) is 11.8 Å². The second-order valence-electron chi connectivity index (χ2n) is 7.11. The largest absolute Gasteiger partial charge is 0.489 e. The zero-order valence-corrected chi connectivity index (χ0v) is 16.2. The Morgan fingerprint density at radius 1 is 1.04 bits per heavy atom. The molecular weight excluding hydrogens is 358 g/mol. The average molecular weight is 383 g/mol. The maximum Gasteiger partial charge on any atom is 0.321 e. The van der Waals surface area contributed by atoms with Crippen molar-refractivity contribution >= 4 is 17.4 Å². The van der Waals surface area contributed by atoms with E-state index in [0.717, 1.165) is 24.5 Å². The number of nitrogens with one attached hydrogen (secondary N) is 1. The predicted octanol–water partition coefficient (Wildman–Crippen LogP) is 3.56. The highest BCUT2D eigenvalue weighted by Crippen LogP contribution is 2.34. The first-order chi connectivity index (χ1) is 13.6. The van der Waals surface area contributed by atoms with Gasteiger partial charge in [-0.2, -0.15) is 0 Å². The molecule has 7 heteroatoms. The van der Waals surface area contributed by atoms with Gasteiger partial charge in [0.25, 0.3) is 0 Å². The molecule has 1 saturated heterocycles. The molecule has 2 aliphatic rings. The minimum absolute atomic E-state index is 0.106. The number of urea groups is 1. The smallest absolute Gasteiger partial charge is 0.321 e. The highest BCUT2D eigenvalue weighted by atomic mass is 16.7. The van der Waals surface area contributed by atoms with Crippen LogP contribution in [0.3, 0.4) is 0 Å². The molecule has 148 valence electrons. The number of amides is 2. The molecule has 2 aromatic rings. The van der Waals surface area contributed by atoms with Crippen LogP contribution in [0.2, 0.25) is 0 Å². The van der Waals surface area contributed by atoms with Crippen molar-refractivity contribution in [1.82, 2.24) is 4.90 Å². The zero-order chi connectivity index (χ0) is 19.5. The number of hydrogen-bond donors (Lipinski definition) is 1. The third-order valence-corrected chi connectivity index (χ3v) is 4.76. The van der Waals surface area contributed by atoms with Crippen LogP contribution < -0.4 is 24.4 Å². The lowest BCUT2D eigenvalue weighted by Crippen LogP contribution is -2.50. The molecule has 0 bridgehead atoms. The predicted molar refractivity (Wildman–Crippen MR) is 108 cm³/mol. The molecule has 2 aromatic carbocycles. The summed E-state index contributed by atoms with van der Waals surface area (Å²) in [5, 5.41) is 2.94. The first-order valence-corrected chi connectivity index (χ1v) is 9.56. The molecule has 7 nitrogen and oxygen atoms in total. The van der Waals surface area contributed by atoms with Crippen LogP contribution in [0.15, 0.2) is 42.5 Å². The lowest BCUT2D eigenvalue weighted by atomic mass is 10.2. The van der Waals surface area contributed by atoms with E-state index < -0.39 is 0 Å². The molecule has 0 aliphatic carbocycles. The summed E-state index contributed by atoms with van der Waals surface area (Å²) in [7, 11) is 0. The number of ether oxygens (including phenoxy) is 3. The number of carbonyl (C=O) groups is 1. The van der Waals surface area contributed by atoms with Crippen molar-refractivity contribution in [3.63, 3.8) is 0 Å². The Bertz CT molecular complexity index is 847. The highest BCUT2D eigenvalue weighted by Gasteiger charge is 2.24. The molecule has 2 amide bonds. The fourth-order valence-electron chi connectivity index (χ4n) is 3.40. The van der Waals surface area contributed by atoms with Gasteiger partial charge in [-0.25, -0.2) is 4.79 Å². The van der Waals surface area contributed by atoms with E-state index in [2.05, 4.69) is 16.3 Å². The molecule has 28 heavy (non-hydrogen) atoms. The molecule has 0 aromatic heterocycles. The Hall–Kier alpha value is -3.09. The van der Waals surface area contributed by atoms with Crippen molar-refractivity contribution < 1.29 is 19.0 Å². The van der Waals surface area contributed by atoms with E-state index >= 15 is 0 Å². The molecule has 1 N–H and O–H groups in total. The third kappa shape index (κ3) is 3.93. The number of nitrogens with zero attached hydrogens (tertiary/aromatic N) is 2. The SMILES string of the molecule is CC(C)Oc1ccccc1N1CCN(C(=O)Nc2ccc3c(c2)OCO3)CC1. The summed E-state index contributed by atoms with van der Waals surface area (Å²) in [6.07, 6.45) is 0.120. The molecule has 0 radical (unpaired) electrons. The molecule has 0 spiro atoms. The number of carbonyl (C=O) groups excluding carboxylic acids is 1. The van der Waals surface area contributed by atoms with Crippen molar-refractivity contribution in [3.8, 4) is 17.2 Å². The van der Waals surface area contributed by atoms with Gasteiger partial charge in [0.1, 0.15) is 5.75 Å². The first kappa shape index (κ1) is 18.3. The second-order valence-corrected chi connectivity index (χ2v) is 7.11. The standard InChI is InChI=1S/C21H25N3O4/c1-15(2)28-18-6-4-3-5-17(18)23-9-11-24(12-10-23)21(25)22-16-7-8-19-20(13-16)27-14-26-19/h3-8,13,15H,9-12,14H2,1-2H3,(H,22,25). The molecular formula is C21H25N3O4. The minimum Gasteiger partial charge on any atom is -0.489 e. The topological polar surface area (TPSA) is 63.3 Å². The molecule has 0 saturated carbocycles. The van der Waals surface area contributed by atoms with E-state index in [1.165, 1.54) is 0 Å². The summed E-state index contributed by atoms with van der Waals surface area (Å²) in [6.45, 7) is 7.07. The van der Waals surface area contributed by atoms with Crippen molar-refractivity contribution in [2.45, 2.75) is 20.0 Å². The van der Waals surface area contributed by atoms with Crippen LogP contribution in [0.5, 0.6) is 17.2 Å². The van der Waals surface area contributed by atoms with Gasteiger partial charge in [0, 0.05) is 37.9 Å². The monoisotopic (exact) mass is 383 g/mol. The van der Waals surface area contributed by atoms with Gasteiger partial charge < -0.3 is 29.3 Å². The van der Waals surface area contributed by atoms with Crippen molar-refractivity contribution in [1.29, 1.82) is 0 Å². The van der Waals surface area contributed by atoms with Gasteiger partial charge in [0.15, 0.2) is 11.5 Å². The van der Waals surface area contributed by atoms with E-state index in [1.54, 1.807) is 6.07 Å². The Balaban J connectivity index is 1.36. The summed E-state index contributed by atoms with van der Waals surface area (Å²) in [4.78, 5) is 16.7. The van der Waals surface area contributed by atoms with Gasteiger partial charge in [-0.15, -0.1) is 0 Å². The fraction of sp³-hybridized carbons (Fsp3) is 0.381. The van der Waals surface area contributed by atoms with E-state index in [4.69, 9.17) is 14.2 Å². The highest BCUT2D eigenvalue weighted by molar-refractivity contribution is 5.90. The lowest BCUT2D eigenvalue weighted by Gasteiger charge is -2.36. The van der Waals surface area contributed by atoms with Crippen LogP contribution in [0, 0.1) is 0 Å². The summed E-state index contributed by atoms with van der Waals surface area (Å²) in [5.41, 5.74) is 1.78. The molecule has 4 rings (SSSR count). The fourth-order valence-corrected chi connectivity index (χ4v) is 3.40. The Labute approximate surface area is 164 Å². The molecule has 0 atom stereocenters. The molecule has 1 fully saturated rings. The maximum absolute atomic E-state index is 12.6. The normalized spacial score (nSPS) is 15.7. The maximum atomic E-state index is 12.6. The number of benzene rings is 2. The van der Waals surface area contributed by atoms with Gasteiger partial charge >= 0.3 is 6.03 Å².